The number of hydrogen-bond donors (Lipinski definition) is 1. The molecule has 4 aromatic rings. The monoisotopic (exact) mass is 527 g/mol. The zero-order chi connectivity index (χ0) is 27.2. The molecule has 196 valence electrons. The van der Waals surface area contributed by atoms with Gasteiger partial charge in [-0.05, 0) is 59.5 Å². The number of ether oxygens (including phenoxy) is 1. The number of hydrogen-bond acceptors (Lipinski definition) is 6. The summed E-state index contributed by atoms with van der Waals surface area (Å²) in [5.41, 5.74) is 0.0403. The number of pyridine rings is 1. The highest BCUT2D eigenvalue weighted by Gasteiger charge is 2.41. The number of amides is 1. The zero-order valence-electron chi connectivity index (χ0n) is 20.3. The summed E-state index contributed by atoms with van der Waals surface area (Å²) in [5, 5.41) is 17.4. The van der Waals surface area contributed by atoms with Crippen LogP contribution >= 0.6 is 0 Å². The average molecular weight is 527 g/mol. The van der Waals surface area contributed by atoms with Crippen molar-refractivity contribution in [2.75, 3.05) is 11.5 Å². The van der Waals surface area contributed by atoms with Crippen LogP contribution in [-0.4, -0.2) is 37.4 Å². The van der Waals surface area contributed by atoms with E-state index in [0.29, 0.717) is 22.5 Å². The first-order valence-electron chi connectivity index (χ1n) is 11.6. The van der Waals surface area contributed by atoms with Crippen molar-refractivity contribution in [1.29, 1.82) is 0 Å². The van der Waals surface area contributed by atoms with Crippen LogP contribution in [0.3, 0.4) is 0 Å². The lowest BCUT2D eigenvalue weighted by Gasteiger charge is -2.18. The summed E-state index contributed by atoms with van der Waals surface area (Å²) in [6.07, 6.45) is -3.26. The van der Waals surface area contributed by atoms with Crippen molar-refractivity contribution in [2.45, 2.75) is 26.3 Å². The second kappa shape index (κ2) is 9.53. The molecule has 0 saturated carbocycles. The Morgan fingerprint density at radius 2 is 1.87 bits per heavy atom. The maximum atomic E-state index is 14.3. The highest BCUT2D eigenvalue weighted by atomic mass is 19.4. The van der Waals surface area contributed by atoms with E-state index < -0.39 is 30.1 Å². The summed E-state index contributed by atoms with van der Waals surface area (Å²) in [7, 11) is 1.70. The third-order valence-electron chi connectivity index (χ3n) is 6.19. The van der Waals surface area contributed by atoms with Gasteiger partial charge in [-0.3, -0.25) is 9.69 Å². The molecule has 8 nitrogen and oxygen atoms in total. The number of rotatable bonds is 6. The summed E-state index contributed by atoms with van der Waals surface area (Å²) in [5.74, 6) is -0.633. The fourth-order valence-corrected chi connectivity index (χ4v) is 4.48. The molecule has 1 amide bonds. The van der Waals surface area contributed by atoms with E-state index >= 15 is 0 Å². The third kappa shape index (κ3) is 4.47. The zero-order valence-corrected chi connectivity index (χ0v) is 20.3. The summed E-state index contributed by atoms with van der Waals surface area (Å²) in [6.45, 7) is 0.944. The average Bonchev–Trinajstić information content (AvgIpc) is 3.45. The van der Waals surface area contributed by atoms with Crippen molar-refractivity contribution in [3.8, 4) is 28.4 Å². The number of aliphatic hydroxyl groups is 1. The fourth-order valence-electron chi connectivity index (χ4n) is 4.48. The van der Waals surface area contributed by atoms with Crippen molar-refractivity contribution in [2.24, 2.45) is 7.05 Å². The summed E-state index contributed by atoms with van der Waals surface area (Å²) in [4.78, 5) is 18.8. The Hall–Kier alpha value is -4.32. The van der Waals surface area contributed by atoms with E-state index in [9.17, 15) is 27.5 Å². The number of halogens is 4. The SMILES string of the molecule is CCOc1cc(-c2ccc(F)cc2-c2nncn2C)cc(N2Cc3c(cc(CO)cc3C(F)(F)F)C2=O)n1. The lowest BCUT2D eigenvalue weighted by molar-refractivity contribution is -0.138. The topological polar surface area (TPSA) is 93.4 Å². The van der Waals surface area contributed by atoms with Gasteiger partial charge in [0.2, 0.25) is 5.88 Å². The quantitative estimate of drug-likeness (QED) is 0.364. The molecule has 0 aliphatic carbocycles. The van der Waals surface area contributed by atoms with Crippen LogP contribution < -0.4 is 9.64 Å². The Morgan fingerprint density at radius 1 is 1.08 bits per heavy atom. The maximum Gasteiger partial charge on any atom is 0.416 e. The molecule has 0 saturated heterocycles. The molecule has 0 unspecified atom stereocenters. The van der Waals surface area contributed by atoms with Crippen molar-refractivity contribution < 1.29 is 32.2 Å². The number of aliphatic hydroxyl groups excluding tert-OH is 1. The van der Waals surface area contributed by atoms with Crippen LogP contribution in [0.25, 0.3) is 22.5 Å². The van der Waals surface area contributed by atoms with Gasteiger partial charge in [-0.2, -0.15) is 18.2 Å². The predicted molar refractivity (Wildman–Crippen MR) is 129 cm³/mol. The Labute approximate surface area is 214 Å². The molecule has 2 aromatic heterocycles. The van der Waals surface area contributed by atoms with Crippen LogP contribution in [0.4, 0.5) is 23.4 Å². The maximum absolute atomic E-state index is 14.3. The highest BCUT2D eigenvalue weighted by molar-refractivity contribution is 6.10. The largest absolute Gasteiger partial charge is 0.478 e. The van der Waals surface area contributed by atoms with Crippen molar-refractivity contribution >= 4 is 11.7 Å². The number of benzene rings is 2. The molecule has 0 radical (unpaired) electrons. The highest BCUT2D eigenvalue weighted by Crippen LogP contribution is 2.41. The van der Waals surface area contributed by atoms with Crippen LogP contribution in [0.2, 0.25) is 0 Å². The van der Waals surface area contributed by atoms with Crippen molar-refractivity contribution in [3.05, 3.63) is 76.9 Å². The second-order valence-electron chi connectivity index (χ2n) is 8.66. The molecule has 0 fully saturated rings. The van der Waals surface area contributed by atoms with E-state index in [1.165, 1.54) is 36.7 Å². The van der Waals surface area contributed by atoms with E-state index in [1.54, 1.807) is 24.6 Å². The standard InChI is InChI=1S/C26H21F4N5O3/c1-3-38-23-9-15(17-5-4-16(27)10-18(17)24-33-31-13-34(24)2)8-22(32-23)35-11-20-19(25(35)37)6-14(12-36)7-21(20)26(28,29)30/h4-10,13,36H,3,11-12H2,1-2H3. The van der Waals surface area contributed by atoms with Crippen LogP contribution in [-0.2, 0) is 26.4 Å². The van der Waals surface area contributed by atoms with Crippen LogP contribution in [0, 0.1) is 5.82 Å². The second-order valence-corrected chi connectivity index (χ2v) is 8.66. The predicted octanol–water partition coefficient (Wildman–Crippen LogP) is 4.75. The number of aryl methyl sites for hydroxylation is 1. The summed E-state index contributed by atoms with van der Waals surface area (Å²) in [6, 6.07) is 9.31. The van der Waals surface area contributed by atoms with Gasteiger partial charge in [0.15, 0.2) is 5.82 Å². The first kappa shape index (κ1) is 25.3. The lowest BCUT2D eigenvalue weighted by atomic mass is 9.99. The van der Waals surface area contributed by atoms with Gasteiger partial charge in [0.1, 0.15) is 18.0 Å². The molecule has 1 N–H and O–H groups in total. The minimum absolute atomic E-state index is 0.0254. The molecule has 1 aliphatic heterocycles. The van der Waals surface area contributed by atoms with Gasteiger partial charge >= 0.3 is 6.18 Å². The fraction of sp³-hybridized carbons (Fsp3) is 0.231. The van der Waals surface area contributed by atoms with Gasteiger partial charge in [0.05, 0.1) is 25.3 Å². The molecule has 0 spiro atoms. The number of fused-ring (bicyclic) bond motifs is 1. The molecule has 3 heterocycles. The normalized spacial score (nSPS) is 13.2. The molecule has 0 atom stereocenters. The number of carbonyl (C=O) groups is 1. The number of alkyl halides is 3. The van der Waals surface area contributed by atoms with Crippen molar-refractivity contribution in [1.82, 2.24) is 19.7 Å². The minimum Gasteiger partial charge on any atom is -0.478 e. The van der Waals surface area contributed by atoms with Gasteiger partial charge in [0.25, 0.3) is 5.91 Å². The number of anilines is 1. The van der Waals surface area contributed by atoms with Gasteiger partial charge in [-0.1, -0.05) is 6.07 Å². The van der Waals surface area contributed by atoms with Gasteiger partial charge in [-0.25, -0.2) is 4.39 Å². The Kier molecular flexibility index (Phi) is 6.35. The molecular formula is C26H21F4N5O3. The third-order valence-corrected chi connectivity index (χ3v) is 6.19. The first-order valence-corrected chi connectivity index (χ1v) is 11.6. The molecule has 2 aromatic carbocycles. The Morgan fingerprint density at radius 3 is 2.53 bits per heavy atom. The van der Waals surface area contributed by atoms with E-state index in [1.807, 2.05) is 0 Å². The Bertz CT molecular complexity index is 1550. The summed E-state index contributed by atoms with van der Waals surface area (Å²) >= 11 is 0. The van der Waals surface area contributed by atoms with E-state index in [0.717, 1.165) is 11.0 Å². The van der Waals surface area contributed by atoms with E-state index in [-0.39, 0.29) is 41.5 Å². The van der Waals surface area contributed by atoms with E-state index in [2.05, 4.69) is 15.2 Å². The molecular weight excluding hydrogens is 506 g/mol. The molecule has 5 rings (SSSR count). The van der Waals surface area contributed by atoms with Gasteiger partial charge in [0, 0.05) is 24.2 Å². The van der Waals surface area contributed by atoms with Crippen molar-refractivity contribution in [3.63, 3.8) is 0 Å². The van der Waals surface area contributed by atoms with E-state index in [4.69, 9.17) is 4.74 Å². The number of aromatic nitrogens is 4. The smallest absolute Gasteiger partial charge is 0.416 e. The number of nitrogens with zero attached hydrogens (tertiary/aromatic N) is 5. The van der Waals surface area contributed by atoms with Crippen LogP contribution in [0.5, 0.6) is 5.88 Å². The Balaban J connectivity index is 1.65. The lowest BCUT2D eigenvalue weighted by Crippen LogP contribution is -2.24. The molecule has 0 bridgehead atoms. The van der Waals surface area contributed by atoms with Gasteiger partial charge in [-0.15, -0.1) is 10.2 Å². The summed E-state index contributed by atoms with van der Waals surface area (Å²) < 4.78 is 62.9. The first-order chi connectivity index (χ1) is 18.1. The minimum atomic E-state index is -4.73. The van der Waals surface area contributed by atoms with Gasteiger partial charge < -0.3 is 14.4 Å². The molecule has 12 heteroatoms. The van der Waals surface area contributed by atoms with Crippen LogP contribution in [0.15, 0.2) is 48.8 Å². The number of carbonyl (C=O) groups excluding carboxylic acids is 1. The molecule has 38 heavy (non-hydrogen) atoms. The molecule has 1 aliphatic rings. The van der Waals surface area contributed by atoms with Crippen LogP contribution in [0.1, 0.15) is 34.0 Å².